The average molecular weight is 356 g/mol. The molecular formula is C17H30BrN3. The van der Waals surface area contributed by atoms with Crippen LogP contribution in [-0.4, -0.2) is 22.4 Å². The molecule has 0 bridgehead atoms. The first-order chi connectivity index (χ1) is 10.1. The zero-order chi connectivity index (χ0) is 15.4. The summed E-state index contributed by atoms with van der Waals surface area (Å²) in [5.74, 6) is 1.59. The number of hydrogen-bond donors (Lipinski definition) is 1. The molecule has 0 amide bonds. The molecule has 4 heteroatoms. The Labute approximate surface area is 138 Å². The minimum atomic E-state index is 0.674. The molecule has 1 N–H and O–H groups in total. The third-order valence-corrected chi connectivity index (χ3v) is 5.78. The summed E-state index contributed by atoms with van der Waals surface area (Å²) in [6.45, 7) is 7.96. The average Bonchev–Trinajstić information content (AvgIpc) is 2.74. The molecule has 1 aromatic rings. The fourth-order valence-electron chi connectivity index (χ4n) is 3.61. The van der Waals surface area contributed by atoms with E-state index in [1.165, 1.54) is 41.5 Å². The van der Waals surface area contributed by atoms with Crippen LogP contribution < -0.4 is 5.32 Å². The Hall–Kier alpha value is -0.350. The maximum atomic E-state index is 4.65. The van der Waals surface area contributed by atoms with Crippen LogP contribution in [0.25, 0.3) is 0 Å². The highest BCUT2D eigenvalue weighted by Crippen LogP contribution is 2.33. The van der Waals surface area contributed by atoms with Crippen molar-refractivity contribution in [2.24, 2.45) is 18.9 Å². The molecule has 0 aromatic carbocycles. The number of rotatable bonds is 6. The van der Waals surface area contributed by atoms with Gasteiger partial charge in [-0.2, -0.15) is 5.10 Å². The van der Waals surface area contributed by atoms with Crippen LogP contribution in [0.3, 0.4) is 0 Å². The molecule has 120 valence electrons. The van der Waals surface area contributed by atoms with Gasteiger partial charge in [-0.25, -0.2) is 0 Å². The Morgan fingerprint density at radius 2 is 2.10 bits per heavy atom. The fourth-order valence-corrected chi connectivity index (χ4v) is 4.39. The van der Waals surface area contributed by atoms with Crippen molar-refractivity contribution >= 4 is 15.9 Å². The van der Waals surface area contributed by atoms with Crippen LogP contribution in [0, 0.1) is 11.8 Å². The minimum Gasteiger partial charge on any atom is -0.314 e. The van der Waals surface area contributed by atoms with Gasteiger partial charge in [0.15, 0.2) is 0 Å². The van der Waals surface area contributed by atoms with Gasteiger partial charge in [-0.1, -0.05) is 20.8 Å². The van der Waals surface area contributed by atoms with Crippen LogP contribution in [0.2, 0.25) is 0 Å². The number of halogens is 1. The molecule has 2 rings (SSSR count). The van der Waals surface area contributed by atoms with Gasteiger partial charge in [-0.05, 0) is 72.8 Å². The third-order valence-electron chi connectivity index (χ3n) is 4.86. The Kier molecular flexibility index (Phi) is 6.30. The van der Waals surface area contributed by atoms with E-state index in [1.807, 2.05) is 0 Å². The van der Waals surface area contributed by atoms with Gasteiger partial charge in [-0.15, -0.1) is 0 Å². The Morgan fingerprint density at radius 1 is 1.33 bits per heavy atom. The van der Waals surface area contributed by atoms with Crippen molar-refractivity contribution in [2.75, 3.05) is 6.54 Å². The molecule has 0 aliphatic heterocycles. The molecule has 1 heterocycles. The third kappa shape index (κ3) is 4.10. The summed E-state index contributed by atoms with van der Waals surface area (Å²) in [6, 6.07) is 0.674. The first kappa shape index (κ1) is 17.0. The molecule has 21 heavy (non-hydrogen) atoms. The van der Waals surface area contributed by atoms with Crippen molar-refractivity contribution in [3.05, 3.63) is 15.9 Å². The summed E-state index contributed by atoms with van der Waals surface area (Å²) in [6.07, 6.45) is 7.37. The minimum absolute atomic E-state index is 0.674. The highest BCUT2D eigenvalue weighted by Gasteiger charge is 2.30. The van der Waals surface area contributed by atoms with E-state index in [0.29, 0.717) is 6.04 Å². The van der Waals surface area contributed by atoms with Gasteiger partial charge in [-0.3, -0.25) is 4.68 Å². The lowest BCUT2D eigenvalue weighted by molar-refractivity contribution is 0.210. The lowest BCUT2D eigenvalue weighted by atomic mass is 9.76. The summed E-state index contributed by atoms with van der Waals surface area (Å²) >= 11 is 3.77. The largest absolute Gasteiger partial charge is 0.314 e. The highest BCUT2D eigenvalue weighted by atomic mass is 79.9. The molecule has 1 aliphatic carbocycles. The van der Waals surface area contributed by atoms with Gasteiger partial charge in [0.1, 0.15) is 0 Å². The van der Waals surface area contributed by atoms with Gasteiger partial charge in [0.05, 0.1) is 15.9 Å². The van der Waals surface area contributed by atoms with Gasteiger partial charge in [0.2, 0.25) is 0 Å². The normalized spacial score (nSPS) is 26.2. The van der Waals surface area contributed by atoms with Crippen LogP contribution in [0.1, 0.15) is 57.8 Å². The lowest BCUT2D eigenvalue weighted by Gasteiger charge is -2.35. The van der Waals surface area contributed by atoms with Crippen LogP contribution in [-0.2, 0) is 19.9 Å². The Bertz CT molecular complexity index is 453. The summed E-state index contributed by atoms with van der Waals surface area (Å²) in [4.78, 5) is 0. The van der Waals surface area contributed by atoms with Crippen molar-refractivity contribution < 1.29 is 0 Å². The number of nitrogens with one attached hydrogen (secondary N) is 1. The summed E-state index contributed by atoms with van der Waals surface area (Å²) in [7, 11) is 2.08. The van der Waals surface area contributed by atoms with E-state index in [9.17, 15) is 0 Å². The predicted molar refractivity (Wildman–Crippen MR) is 92.6 cm³/mol. The quantitative estimate of drug-likeness (QED) is 0.832. The van der Waals surface area contributed by atoms with Crippen molar-refractivity contribution in [1.29, 1.82) is 0 Å². The topological polar surface area (TPSA) is 29.9 Å². The second-order valence-electron chi connectivity index (χ2n) is 6.63. The first-order valence-corrected chi connectivity index (χ1v) is 9.29. The molecule has 3 unspecified atom stereocenters. The highest BCUT2D eigenvalue weighted by molar-refractivity contribution is 9.10. The van der Waals surface area contributed by atoms with Gasteiger partial charge >= 0.3 is 0 Å². The number of aromatic nitrogens is 2. The molecule has 1 aliphatic rings. The van der Waals surface area contributed by atoms with Gasteiger partial charge < -0.3 is 5.32 Å². The number of hydrogen-bond acceptors (Lipinski definition) is 2. The summed E-state index contributed by atoms with van der Waals surface area (Å²) in [5, 5.41) is 8.43. The van der Waals surface area contributed by atoms with E-state index in [1.54, 1.807) is 0 Å². The van der Waals surface area contributed by atoms with Crippen LogP contribution in [0.15, 0.2) is 4.47 Å². The van der Waals surface area contributed by atoms with Crippen LogP contribution >= 0.6 is 15.9 Å². The maximum Gasteiger partial charge on any atom is 0.0766 e. The Morgan fingerprint density at radius 3 is 2.71 bits per heavy atom. The van der Waals surface area contributed by atoms with E-state index in [0.717, 1.165) is 31.2 Å². The lowest BCUT2D eigenvalue weighted by Crippen LogP contribution is -2.41. The van der Waals surface area contributed by atoms with Crippen molar-refractivity contribution in [1.82, 2.24) is 15.1 Å². The van der Waals surface area contributed by atoms with E-state index in [2.05, 4.69) is 58.8 Å². The molecule has 3 atom stereocenters. The monoisotopic (exact) mass is 355 g/mol. The van der Waals surface area contributed by atoms with Crippen LogP contribution in [0.5, 0.6) is 0 Å². The SMILES string of the molecule is CCCNC1CCC(C)CC1Cc1c(Br)c(CC)nn1C. The van der Waals surface area contributed by atoms with Gasteiger partial charge in [0, 0.05) is 13.1 Å². The Balaban J connectivity index is 2.12. The van der Waals surface area contributed by atoms with Crippen molar-refractivity contribution in [2.45, 2.75) is 65.3 Å². The molecule has 0 saturated heterocycles. The standard InChI is InChI=1S/C17H30BrN3/c1-5-9-19-15-8-7-12(3)10-13(15)11-16-17(18)14(6-2)20-21(16)4/h12-13,15,19H,5-11H2,1-4H3. The van der Waals surface area contributed by atoms with Crippen molar-refractivity contribution in [3.63, 3.8) is 0 Å². The van der Waals surface area contributed by atoms with E-state index >= 15 is 0 Å². The fraction of sp³-hybridized carbons (Fsp3) is 0.824. The molecule has 1 aromatic heterocycles. The molecule has 3 nitrogen and oxygen atoms in total. The number of aryl methyl sites for hydroxylation is 2. The zero-order valence-electron chi connectivity index (χ0n) is 14.0. The van der Waals surface area contributed by atoms with Crippen molar-refractivity contribution in [3.8, 4) is 0 Å². The first-order valence-electron chi connectivity index (χ1n) is 8.50. The summed E-state index contributed by atoms with van der Waals surface area (Å²) in [5.41, 5.74) is 2.56. The van der Waals surface area contributed by atoms with Crippen LogP contribution in [0.4, 0.5) is 0 Å². The second kappa shape index (κ2) is 7.77. The second-order valence-corrected chi connectivity index (χ2v) is 7.42. The molecule has 0 radical (unpaired) electrons. The molecule has 0 spiro atoms. The maximum absolute atomic E-state index is 4.65. The molecular weight excluding hydrogens is 326 g/mol. The van der Waals surface area contributed by atoms with E-state index < -0.39 is 0 Å². The van der Waals surface area contributed by atoms with Gasteiger partial charge in [0.25, 0.3) is 0 Å². The molecule has 1 saturated carbocycles. The van der Waals surface area contributed by atoms with E-state index in [-0.39, 0.29) is 0 Å². The predicted octanol–water partition coefficient (Wildman–Crippen LogP) is 4.09. The zero-order valence-corrected chi connectivity index (χ0v) is 15.5. The number of nitrogens with zero attached hydrogens (tertiary/aromatic N) is 2. The molecule has 1 fully saturated rings. The van der Waals surface area contributed by atoms with E-state index in [4.69, 9.17) is 0 Å². The smallest absolute Gasteiger partial charge is 0.0766 e. The summed E-state index contributed by atoms with van der Waals surface area (Å²) < 4.78 is 3.32.